The van der Waals surface area contributed by atoms with E-state index in [9.17, 15) is 19.5 Å². The van der Waals surface area contributed by atoms with Crippen LogP contribution in [0.3, 0.4) is 0 Å². The van der Waals surface area contributed by atoms with Crippen LogP contribution in [0.15, 0.2) is 0 Å². The minimum Gasteiger partial charge on any atom is -0.480 e. The third kappa shape index (κ3) is 10.5. The first-order valence-corrected chi connectivity index (χ1v) is 7.64. The number of nitrogens with zero attached hydrogens (tertiary/aromatic N) is 1. The van der Waals surface area contributed by atoms with Crippen LogP contribution >= 0.6 is 0 Å². The summed E-state index contributed by atoms with van der Waals surface area (Å²) in [6.45, 7) is 1.19. The molecular weight excluding hydrogens is 336 g/mol. The molecule has 0 aliphatic carbocycles. The fraction of sp³-hybridized carbons (Fsp3) is 0.769. The Labute approximate surface area is 145 Å². The van der Waals surface area contributed by atoms with E-state index in [2.05, 4.69) is 16.1 Å². The molecule has 0 rings (SSSR count). The lowest BCUT2D eigenvalue weighted by atomic mass is 10.2. The average Bonchev–Trinajstić information content (AvgIpc) is 2.49. The highest BCUT2D eigenvalue weighted by Crippen LogP contribution is 1.94. The zero-order valence-electron chi connectivity index (χ0n) is 14.3. The number of nitrogens with one attached hydrogen (secondary N) is 3. The number of hydrogen-bond donors (Lipinski definition) is 8. The molecule has 0 fully saturated rings. The number of likely N-dealkylation sites (N-methyl/N-ethyl adjacent to an activating group) is 1. The van der Waals surface area contributed by atoms with Crippen LogP contribution in [0, 0.1) is 0 Å². The maximum atomic E-state index is 11.8. The van der Waals surface area contributed by atoms with Gasteiger partial charge >= 0.3 is 12.0 Å². The molecule has 0 aromatic heterocycles. The first kappa shape index (κ1) is 23.0. The molecule has 0 heterocycles. The predicted molar refractivity (Wildman–Crippen MR) is 88.1 cm³/mol. The largest absolute Gasteiger partial charge is 0.480 e. The minimum absolute atomic E-state index is 0.107. The summed E-state index contributed by atoms with van der Waals surface area (Å²) in [4.78, 5) is 33.7. The van der Waals surface area contributed by atoms with Crippen molar-refractivity contribution in [2.75, 3.05) is 26.7 Å². The Morgan fingerprint density at radius 2 is 1.84 bits per heavy atom. The fourth-order valence-corrected chi connectivity index (χ4v) is 1.79. The first-order valence-electron chi connectivity index (χ1n) is 7.64. The van der Waals surface area contributed by atoms with Crippen molar-refractivity contribution in [3.05, 3.63) is 0 Å². The number of aliphatic hydroxyl groups excluding tert-OH is 2. The maximum Gasteiger partial charge on any atom is 0.328 e. The van der Waals surface area contributed by atoms with E-state index < -0.39 is 48.7 Å². The summed E-state index contributed by atoms with van der Waals surface area (Å²) < 4.78 is 0. The molecule has 25 heavy (non-hydrogen) atoms. The number of nitrogens with two attached hydrogens (primary N) is 2. The highest BCUT2D eigenvalue weighted by molar-refractivity contribution is 5.83. The Morgan fingerprint density at radius 1 is 1.24 bits per heavy atom. The second-order valence-corrected chi connectivity index (χ2v) is 5.71. The van der Waals surface area contributed by atoms with E-state index in [0.29, 0.717) is 6.54 Å². The van der Waals surface area contributed by atoms with Gasteiger partial charge in [-0.3, -0.25) is 10.2 Å². The molecule has 146 valence electrons. The summed E-state index contributed by atoms with van der Waals surface area (Å²) in [6, 6.07) is -3.55. The standard InChI is InChI=1S/C13H28N6O6/c1-7(21)9(14)5-19(2)16-4-8(3-11(15)22)17-13(25)18-10(6-20)12(23)24/h7-10,16,20-21H,3-6,14H2,1-2H3,(H2,15,22)(H,23,24)(H2,17,18,25)/t7?,8-,9+,10-/m1/s1. The quantitative estimate of drug-likeness (QED) is 0.159. The molecule has 12 heteroatoms. The molecule has 10 N–H and O–H groups in total. The van der Waals surface area contributed by atoms with E-state index in [0.717, 1.165) is 0 Å². The minimum atomic E-state index is -1.46. The number of carbonyl (C=O) groups excluding carboxylic acids is 2. The second-order valence-electron chi connectivity index (χ2n) is 5.71. The fourth-order valence-electron chi connectivity index (χ4n) is 1.79. The Hall–Kier alpha value is -1.99. The topological polar surface area (TPSA) is 203 Å². The Morgan fingerprint density at radius 3 is 2.28 bits per heavy atom. The lowest BCUT2D eigenvalue weighted by Crippen LogP contribution is -2.55. The Kier molecular flexibility index (Phi) is 10.6. The van der Waals surface area contributed by atoms with Crippen molar-refractivity contribution in [1.82, 2.24) is 21.1 Å². The summed E-state index contributed by atoms with van der Waals surface area (Å²) in [6.07, 6.45) is -0.894. The van der Waals surface area contributed by atoms with Crippen molar-refractivity contribution in [2.45, 2.75) is 37.6 Å². The highest BCUT2D eigenvalue weighted by Gasteiger charge is 2.22. The molecule has 0 saturated carbocycles. The van der Waals surface area contributed by atoms with Crippen molar-refractivity contribution in [2.24, 2.45) is 11.5 Å². The van der Waals surface area contributed by atoms with Gasteiger partial charge in [-0.05, 0) is 6.92 Å². The van der Waals surface area contributed by atoms with Gasteiger partial charge in [0.15, 0.2) is 6.04 Å². The smallest absolute Gasteiger partial charge is 0.328 e. The van der Waals surface area contributed by atoms with Crippen LogP contribution in [0.5, 0.6) is 0 Å². The molecule has 1 unspecified atom stereocenters. The number of rotatable bonds is 12. The normalized spacial score (nSPS) is 15.9. The number of aliphatic hydroxyl groups is 2. The van der Waals surface area contributed by atoms with E-state index in [1.807, 2.05) is 0 Å². The monoisotopic (exact) mass is 364 g/mol. The molecule has 0 aliphatic rings. The molecule has 0 aromatic rings. The van der Waals surface area contributed by atoms with Crippen molar-refractivity contribution in [3.63, 3.8) is 0 Å². The molecule has 0 spiro atoms. The van der Waals surface area contributed by atoms with Gasteiger partial charge in [0.05, 0.1) is 18.8 Å². The number of carboxylic acids is 1. The zero-order valence-corrected chi connectivity index (χ0v) is 14.3. The lowest BCUT2D eigenvalue weighted by Gasteiger charge is -2.26. The summed E-state index contributed by atoms with van der Waals surface area (Å²) in [5.74, 6) is -2.05. The molecule has 0 radical (unpaired) electrons. The second kappa shape index (κ2) is 11.5. The average molecular weight is 364 g/mol. The third-order valence-electron chi connectivity index (χ3n) is 3.28. The predicted octanol–water partition coefficient (Wildman–Crippen LogP) is -3.88. The van der Waals surface area contributed by atoms with Gasteiger partial charge in [-0.15, -0.1) is 0 Å². The Bertz CT molecular complexity index is 449. The number of hydrogen-bond acceptors (Lipinski definition) is 8. The number of amides is 3. The number of aliphatic carboxylic acids is 1. The van der Waals surface area contributed by atoms with Gasteiger partial charge in [-0.1, -0.05) is 0 Å². The number of carboxylic acid groups (broad SMARTS) is 1. The van der Waals surface area contributed by atoms with Crippen LogP contribution in [0.4, 0.5) is 4.79 Å². The number of primary amides is 1. The van der Waals surface area contributed by atoms with Crippen LogP contribution in [0.25, 0.3) is 0 Å². The van der Waals surface area contributed by atoms with Gasteiger partial charge in [-0.25, -0.2) is 14.6 Å². The van der Waals surface area contributed by atoms with Gasteiger partial charge in [0.1, 0.15) is 0 Å². The van der Waals surface area contributed by atoms with E-state index in [1.54, 1.807) is 19.0 Å². The SMILES string of the molecule is CC(O)[C@@H](N)CN(C)NC[C@@H](CC(N)=O)NC(=O)N[C@H](CO)C(=O)O. The number of carbonyl (C=O) groups is 3. The molecule has 0 bridgehead atoms. The molecule has 3 amide bonds. The Balaban J connectivity index is 4.56. The van der Waals surface area contributed by atoms with Crippen LogP contribution in [0.1, 0.15) is 13.3 Å². The van der Waals surface area contributed by atoms with Crippen molar-refractivity contribution >= 4 is 17.9 Å². The molecule has 12 nitrogen and oxygen atoms in total. The molecule has 0 saturated heterocycles. The van der Waals surface area contributed by atoms with Gasteiger partial charge in [0, 0.05) is 32.6 Å². The van der Waals surface area contributed by atoms with Gasteiger partial charge in [-0.2, -0.15) is 0 Å². The third-order valence-corrected chi connectivity index (χ3v) is 3.28. The number of hydrazine groups is 1. The molecule has 0 aromatic carbocycles. The number of urea groups is 1. The van der Waals surface area contributed by atoms with Gasteiger partial charge < -0.3 is 37.4 Å². The summed E-state index contributed by atoms with van der Waals surface area (Å²) in [7, 11) is 1.66. The summed E-state index contributed by atoms with van der Waals surface area (Å²) >= 11 is 0. The van der Waals surface area contributed by atoms with Crippen LogP contribution in [0.2, 0.25) is 0 Å². The van der Waals surface area contributed by atoms with E-state index in [1.165, 1.54) is 0 Å². The summed E-state index contributed by atoms with van der Waals surface area (Å²) in [5, 5.41) is 33.1. The first-order chi connectivity index (χ1) is 11.6. The van der Waals surface area contributed by atoms with Crippen molar-refractivity contribution < 1.29 is 29.7 Å². The van der Waals surface area contributed by atoms with E-state index in [4.69, 9.17) is 21.7 Å². The lowest BCUT2D eigenvalue weighted by molar-refractivity contribution is -0.140. The van der Waals surface area contributed by atoms with Crippen molar-refractivity contribution in [3.8, 4) is 0 Å². The van der Waals surface area contributed by atoms with E-state index >= 15 is 0 Å². The van der Waals surface area contributed by atoms with Crippen LogP contribution in [-0.2, 0) is 9.59 Å². The van der Waals surface area contributed by atoms with E-state index in [-0.39, 0.29) is 13.0 Å². The van der Waals surface area contributed by atoms with Gasteiger partial charge in [0.2, 0.25) is 5.91 Å². The van der Waals surface area contributed by atoms with Crippen molar-refractivity contribution in [1.29, 1.82) is 0 Å². The molecule has 4 atom stereocenters. The zero-order chi connectivity index (χ0) is 19.6. The summed E-state index contributed by atoms with van der Waals surface area (Å²) in [5.41, 5.74) is 13.7. The van der Waals surface area contributed by atoms with Crippen LogP contribution < -0.4 is 27.5 Å². The highest BCUT2D eigenvalue weighted by atomic mass is 16.4. The van der Waals surface area contributed by atoms with Gasteiger partial charge in [0.25, 0.3) is 0 Å². The van der Waals surface area contributed by atoms with Crippen LogP contribution in [-0.4, -0.2) is 89.2 Å². The molecule has 0 aliphatic heterocycles. The maximum absolute atomic E-state index is 11.8. The molecular formula is C13H28N6O6.